The first-order valence-electron chi connectivity index (χ1n) is 3.17. The quantitative estimate of drug-likeness (QED) is 0.673. The van der Waals surface area contributed by atoms with Gasteiger partial charge in [-0.1, -0.05) is 0 Å². The molecule has 0 saturated carbocycles. The zero-order chi connectivity index (χ0) is 8.32. The Morgan fingerprint density at radius 1 is 1.27 bits per heavy atom. The molecule has 1 aliphatic heterocycles. The molecule has 66 valence electrons. The van der Waals surface area contributed by atoms with Gasteiger partial charge in [-0.2, -0.15) is 0 Å². The summed E-state index contributed by atoms with van der Waals surface area (Å²) in [6.45, 7) is 0. The van der Waals surface area contributed by atoms with Crippen LogP contribution in [0.1, 0.15) is 0 Å². The Morgan fingerprint density at radius 3 is 2.09 bits per heavy atom. The Hall–Kier alpha value is 0.850. The maximum absolute atomic E-state index is 11.7. The zero-order valence-electron chi connectivity index (χ0n) is 6.48. The molecule has 0 spiro atoms. The van der Waals surface area contributed by atoms with E-state index in [0.29, 0.717) is 0 Å². The molecule has 11 heavy (non-hydrogen) atoms. The van der Waals surface area contributed by atoms with Crippen LogP contribution in [0.25, 0.3) is 0 Å². The van der Waals surface area contributed by atoms with Crippen LogP contribution in [-0.4, -0.2) is 30.0 Å². The SMILES string of the molecule is COP(=O)(OC)C1SCCS1. The van der Waals surface area contributed by atoms with Gasteiger partial charge in [0.1, 0.15) is 0 Å². The van der Waals surface area contributed by atoms with E-state index in [-0.39, 0.29) is 4.32 Å². The molecule has 3 nitrogen and oxygen atoms in total. The van der Waals surface area contributed by atoms with E-state index in [0.717, 1.165) is 11.5 Å². The van der Waals surface area contributed by atoms with Gasteiger partial charge in [-0.25, -0.2) is 0 Å². The maximum Gasteiger partial charge on any atom is 0.352 e. The number of hydrogen-bond donors (Lipinski definition) is 0. The standard InChI is InChI=1S/C5H11O3PS2/c1-7-9(6,8-2)5-10-3-4-11-5/h5H,3-4H2,1-2H3. The van der Waals surface area contributed by atoms with E-state index in [1.807, 2.05) is 0 Å². The second-order valence-electron chi connectivity index (χ2n) is 1.95. The van der Waals surface area contributed by atoms with Crippen molar-refractivity contribution >= 4 is 31.1 Å². The van der Waals surface area contributed by atoms with Gasteiger partial charge in [0.2, 0.25) is 0 Å². The molecule has 0 bridgehead atoms. The van der Waals surface area contributed by atoms with Crippen molar-refractivity contribution in [2.45, 2.75) is 4.32 Å². The van der Waals surface area contributed by atoms with Crippen molar-refractivity contribution in [1.29, 1.82) is 0 Å². The Morgan fingerprint density at radius 2 is 1.73 bits per heavy atom. The molecule has 1 heterocycles. The lowest BCUT2D eigenvalue weighted by Crippen LogP contribution is -1.99. The van der Waals surface area contributed by atoms with E-state index in [9.17, 15) is 4.57 Å². The lowest BCUT2D eigenvalue weighted by Gasteiger charge is -2.17. The molecule has 0 aromatic rings. The third-order valence-electron chi connectivity index (χ3n) is 1.37. The average Bonchev–Trinajstić information content (AvgIpc) is 2.55. The lowest BCUT2D eigenvalue weighted by atomic mass is 11.0. The minimum Gasteiger partial charge on any atom is -0.311 e. The molecule has 6 heteroatoms. The van der Waals surface area contributed by atoms with Crippen LogP contribution in [0.4, 0.5) is 0 Å². The first-order valence-corrected chi connectivity index (χ1v) is 6.88. The van der Waals surface area contributed by atoms with Gasteiger partial charge >= 0.3 is 7.60 Å². The van der Waals surface area contributed by atoms with E-state index in [1.165, 1.54) is 14.2 Å². The average molecular weight is 214 g/mol. The van der Waals surface area contributed by atoms with E-state index < -0.39 is 7.60 Å². The third kappa shape index (κ3) is 2.16. The molecule has 1 saturated heterocycles. The van der Waals surface area contributed by atoms with Crippen molar-refractivity contribution in [3.8, 4) is 0 Å². The van der Waals surface area contributed by atoms with Crippen LogP contribution in [-0.2, 0) is 13.6 Å². The van der Waals surface area contributed by atoms with Crippen LogP contribution < -0.4 is 0 Å². The van der Waals surface area contributed by atoms with Gasteiger partial charge in [-0.15, -0.1) is 23.5 Å². The van der Waals surface area contributed by atoms with E-state index in [2.05, 4.69) is 0 Å². The highest BCUT2D eigenvalue weighted by molar-refractivity contribution is 8.26. The van der Waals surface area contributed by atoms with Gasteiger partial charge in [0, 0.05) is 25.7 Å². The molecule has 0 amide bonds. The molecular weight excluding hydrogens is 203 g/mol. The predicted octanol–water partition coefficient (Wildman–Crippen LogP) is 2.24. The van der Waals surface area contributed by atoms with Crippen molar-refractivity contribution < 1.29 is 13.6 Å². The zero-order valence-corrected chi connectivity index (χ0v) is 9.01. The first-order chi connectivity index (χ1) is 5.23. The van der Waals surface area contributed by atoms with Crippen molar-refractivity contribution in [2.24, 2.45) is 0 Å². The highest BCUT2D eigenvalue weighted by atomic mass is 32.2. The summed E-state index contributed by atoms with van der Waals surface area (Å²) in [5, 5.41) is 0. The maximum atomic E-state index is 11.7. The van der Waals surface area contributed by atoms with E-state index in [4.69, 9.17) is 9.05 Å². The summed E-state index contributed by atoms with van der Waals surface area (Å²) in [5.41, 5.74) is 0. The van der Waals surface area contributed by atoms with Gasteiger partial charge in [-0.05, 0) is 0 Å². The molecule has 1 fully saturated rings. The molecule has 1 rings (SSSR count). The van der Waals surface area contributed by atoms with Crippen molar-refractivity contribution in [1.82, 2.24) is 0 Å². The molecule has 0 N–H and O–H groups in total. The topological polar surface area (TPSA) is 35.5 Å². The minimum atomic E-state index is -2.80. The smallest absolute Gasteiger partial charge is 0.311 e. The predicted molar refractivity (Wildman–Crippen MR) is 50.3 cm³/mol. The molecule has 0 aromatic carbocycles. The van der Waals surface area contributed by atoms with Crippen LogP contribution in [0.15, 0.2) is 0 Å². The fourth-order valence-corrected chi connectivity index (χ4v) is 6.53. The Balaban J connectivity index is 2.60. The van der Waals surface area contributed by atoms with Crippen molar-refractivity contribution in [2.75, 3.05) is 25.7 Å². The van der Waals surface area contributed by atoms with E-state index in [1.54, 1.807) is 23.5 Å². The van der Waals surface area contributed by atoms with Crippen LogP contribution in [0.5, 0.6) is 0 Å². The van der Waals surface area contributed by atoms with Crippen molar-refractivity contribution in [3.05, 3.63) is 0 Å². The molecule has 0 unspecified atom stereocenters. The summed E-state index contributed by atoms with van der Waals surface area (Å²) in [6, 6.07) is 0. The molecule has 1 aliphatic rings. The lowest BCUT2D eigenvalue weighted by molar-refractivity contribution is 0.279. The molecular formula is C5H11O3PS2. The van der Waals surface area contributed by atoms with Crippen LogP contribution in [0.2, 0.25) is 0 Å². The van der Waals surface area contributed by atoms with Crippen LogP contribution in [0, 0.1) is 0 Å². The van der Waals surface area contributed by atoms with Gasteiger partial charge in [0.15, 0.2) is 4.32 Å². The molecule has 0 atom stereocenters. The fourth-order valence-electron chi connectivity index (χ4n) is 0.775. The number of hydrogen-bond acceptors (Lipinski definition) is 5. The minimum absolute atomic E-state index is 0.0162. The second-order valence-corrected chi connectivity index (χ2v) is 7.70. The van der Waals surface area contributed by atoms with Gasteiger partial charge in [0.25, 0.3) is 0 Å². The molecule has 0 aliphatic carbocycles. The molecule has 0 radical (unpaired) electrons. The summed E-state index contributed by atoms with van der Waals surface area (Å²) >= 11 is 3.30. The summed E-state index contributed by atoms with van der Waals surface area (Å²) in [4.78, 5) is 0. The normalized spacial score (nSPS) is 20.9. The fraction of sp³-hybridized carbons (Fsp3) is 1.00. The second kappa shape index (κ2) is 4.19. The summed E-state index contributed by atoms with van der Waals surface area (Å²) in [6.07, 6.45) is 0. The van der Waals surface area contributed by atoms with E-state index >= 15 is 0 Å². The van der Waals surface area contributed by atoms with Crippen LogP contribution in [0.3, 0.4) is 0 Å². The summed E-state index contributed by atoms with van der Waals surface area (Å²) in [7, 11) is 0.0656. The van der Waals surface area contributed by atoms with Gasteiger partial charge in [0.05, 0.1) is 0 Å². The molecule has 0 aromatic heterocycles. The monoisotopic (exact) mass is 214 g/mol. The summed E-state index contributed by atoms with van der Waals surface area (Å²) in [5.74, 6) is 2.07. The third-order valence-corrected chi connectivity index (χ3v) is 7.87. The van der Waals surface area contributed by atoms with Gasteiger partial charge < -0.3 is 9.05 Å². The number of thioether (sulfide) groups is 2. The highest BCUT2D eigenvalue weighted by Crippen LogP contribution is 2.62. The number of rotatable bonds is 3. The largest absolute Gasteiger partial charge is 0.352 e. The Labute approximate surface area is 75.1 Å². The van der Waals surface area contributed by atoms with Crippen molar-refractivity contribution in [3.63, 3.8) is 0 Å². The Kier molecular flexibility index (Phi) is 3.78. The Bertz CT molecular complexity index is 161. The van der Waals surface area contributed by atoms with Crippen LogP contribution >= 0.6 is 31.1 Å². The van der Waals surface area contributed by atoms with Gasteiger partial charge in [-0.3, -0.25) is 4.57 Å². The first kappa shape index (κ1) is 9.93. The highest BCUT2D eigenvalue weighted by Gasteiger charge is 2.37. The summed E-state index contributed by atoms with van der Waals surface area (Å²) < 4.78 is 21.4.